The van der Waals surface area contributed by atoms with Gasteiger partial charge in [0.15, 0.2) is 0 Å². The molecule has 4 aromatic heterocycles. The Kier molecular flexibility index (Phi) is 6.63. The summed E-state index contributed by atoms with van der Waals surface area (Å²) >= 11 is 6.40. The lowest BCUT2D eigenvalue weighted by molar-refractivity contribution is 0.133. The number of urea groups is 1. The molecule has 1 aliphatic rings. The summed E-state index contributed by atoms with van der Waals surface area (Å²) in [5.41, 5.74) is 1.08. The molecule has 3 N–H and O–H groups in total. The smallest absolute Gasteiger partial charge is 0.317 e. The van der Waals surface area contributed by atoms with Crippen molar-refractivity contribution in [3.8, 4) is 10.4 Å². The second-order valence-corrected chi connectivity index (χ2v) is 10.6. The van der Waals surface area contributed by atoms with E-state index in [1.807, 2.05) is 22.9 Å². The number of carbonyl (C=O) groups excluding carboxylic acids is 1. The van der Waals surface area contributed by atoms with E-state index in [2.05, 4.69) is 41.1 Å². The lowest BCUT2D eigenvalue weighted by atomic mass is 10.2. The maximum atomic E-state index is 12.8. The van der Waals surface area contributed by atoms with Crippen LogP contribution >= 0.6 is 38.6 Å². The highest BCUT2D eigenvalue weighted by Crippen LogP contribution is 2.33. The number of hydrogen-bond acceptors (Lipinski definition) is 7. The van der Waals surface area contributed by atoms with Crippen LogP contribution in [0.4, 0.5) is 4.79 Å². The van der Waals surface area contributed by atoms with Crippen LogP contribution in [0.1, 0.15) is 11.4 Å². The second kappa shape index (κ2) is 9.82. The van der Waals surface area contributed by atoms with Gasteiger partial charge in [0.05, 0.1) is 18.5 Å². The van der Waals surface area contributed by atoms with Gasteiger partial charge in [-0.05, 0) is 33.4 Å². The zero-order chi connectivity index (χ0) is 23.7. The number of halogens is 1. The van der Waals surface area contributed by atoms with Crippen molar-refractivity contribution < 1.29 is 4.79 Å². The van der Waals surface area contributed by atoms with Gasteiger partial charge in [0.2, 0.25) is 0 Å². The lowest BCUT2D eigenvalue weighted by Gasteiger charge is -2.34. The zero-order valence-corrected chi connectivity index (χ0v) is 21.2. The van der Waals surface area contributed by atoms with Crippen molar-refractivity contribution in [3.63, 3.8) is 0 Å². The van der Waals surface area contributed by atoms with Gasteiger partial charge >= 0.3 is 6.03 Å². The Balaban J connectivity index is 1.18. The number of H-pyrrole nitrogens is 2. The minimum absolute atomic E-state index is 0.120. The van der Waals surface area contributed by atoms with E-state index in [0.717, 1.165) is 19.7 Å². The molecule has 0 atom stereocenters. The molecular formula is C22H21BrN6O3S2. The van der Waals surface area contributed by atoms with E-state index in [1.165, 1.54) is 11.3 Å². The van der Waals surface area contributed by atoms with E-state index >= 15 is 0 Å². The molecule has 1 fully saturated rings. The van der Waals surface area contributed by atoms with Crippen LogP contribution in [-0.4, -0.2) is 57.0 Å². The van der Waals surface area contributed by atoms with Crippen molar-refractivity contribution in [2.45, 2.75) is 13.1 Å². The lowest BCUT2D eigenvalue weighted by Crippen LogP contribution is -2.51. The first kappa shape index (κ1) is 23.0. The Morgan fingerprint density at radius 1 is 1.18 bits per heavy atom. The van der Waals surface area contributed by atoms with Crippen LogP contribution < -0.4 is 16.4 Å². The van der Waals surface area contributed by atoms with E-state index in [9.17, 15) is 14.4 Å². The predicted molar refractivity (Wildman–Crippen MR) is 137 cm³/mol. The summed E-state index contributed by atoms with van der Waals surface area (Å²) in [4.78, 5) is 53.2. The largest absolute Gasteiger partial charge is 0.334 e. The van der Waals surface area contributed by atoms with E-state index in [0.29, 0.717) is 49.5 Å². The first-order valence-corrected chi connectivity index (χ1v) is 13.2. The Bertz CT molecular complexity index is 1440. The molecule has 1 aliphatic heterocycles. The number of nitrogens with one attached hydrogen (secondary N) is 3. The van der Waals surface area contributed by atoms with Crippen LogP contribution in [0.15, 0.2) is 49.2 Å². The summed E-state index contributed by atoms with van der Waals surface area (Å²) in [7, 11) is 0. The fourth-order valence-electron chi connectivity index (χ4n) is 3.92. The van der Waals surface area contributed by atoms with Crippen LogP contribution in [0.2, 0.25) is 0 Å². The van der Waals surface area contributed by atoms with Gasteiger partial charge in [0, 0.05) is 58.2 Å². The number of nitrogens with zero attached hydrogens (tertiary/aromatic N) is 3. The maximum Gasteiger partial charge on any atom is 0.317 e. The SMILES string of the molecule is O=C(NCc1cc(Br)c[nH]c1=O)N1CCN(Cc2nc3scc(-c4cccs4)c3c(=O)[nH]2)CC1. The minimum atomic E-state index is -0.222. The molecule has 34 heavy (non-hydrogen) atoms. The monoisotopic (exact) mass is 560 g/mol. The molecule has 1 saturated heterocycles. The third-order valence-corrected chi connectivity index (χ3v) is 7.92. The summed E-state index contributed by atoms with van der Waals surface area (Å²) in [6.45, 7) is 3.10. The number of piperazine rings is 1. The highest BCUT2D eigenvalue weighted by Gasteiger charge is 2.22. The first-order chi connectivity index (χ1) is 16.5. The minimum Gasteiger partial charge on any atom is -0.334 e. The van der Waals surface area contributed by atoms with Gasteiger partial charge in [0.1, 0.15) is 10.7 Å². The molecule has 0 saturated carbocycles. The van der Waals surface area contributed by atoms with Crippen molar-refractivity contribution in [2.75, 3.05) is 26.2 Å². The Morgan fingerprint density at radius 3 is 2.76 bits per heavy atom. The molecule has 0 aromatic carbocycles. The second-order valence-electron chi connectivity index (χ2n) is 7.91. The van der Waals surface area contributed by atoms with Gasteiger partial charge in [-0.25, -0.2) is 9.78 Å². The van der Waals surface area contributed by atoms with Gasteiger partial charge in [-0.1, -0.05) is 6.07 Å². The van der Waals surface area contributed by atoms with Gasteiger partial charge in [0.25, 0.3) is 11.1 Å². The molecule has 2 amide bonds. The predicted octanol–water partition coefficient (Wildman–Crippen LogP) is 3.19. The molecule has 12 heteroatoms. The molecule has 0 radical (unpaired) electrons. The summed E-state index contributed by atoms with van der Waals surface area (Å²) in [6, 6.07) is 5.47. The molecule has 0 bridgehead atoms. The maximum absolute atomic E-state index is 12.8. The van der Waals surface area contributed by atoms with Crippen molar-refractivity contribution in [3.05, 3.63) is 71.7 Å². The Morgan fingerprint density at radius 2 is 2.00 bits per heavy atom. The van der Waals surface area contributed by atoms with E-state index in [-0.39, 0.29) is 23.7 Å². The molecule has 5 heterocycles. The average molecular weight is 561 g/mol. The molecule has 0 unspecified atom stereocenters. The summed E-state index contributed by atoms with van der Waals surface area (Å²) in [6.07, 6.45) is 1.56. The molecule has 0 spiro atoms. The third-order valence-electron chi connectivity index (χ3n) is 5.69. The molecule has 9 nitrogen and oxygen atoms in total. The molecular weight excluding hydrogens is 540 g/mol. The van der Waals surface area contributed by atoms with Crippen molar-refractivity contribution in [1.82, 2.24) is 30.1 Å². The number of hydrogen-bond donors (Lipinski definition) is 3. The highest BCUT2D eigenvalue weighted by atomic mass is 79.9. The van der Waals surface area contributed by atoms with E-state index in [1.54, 1.807) is 28.5 Å². The molecule has 5 rings (SSSR count). The number of pyridine rings is 1. The molecule has 0 aliphatic carbocycles. The molecule has 176 valence electrons. The topological polar surface area (TPSA) is 114 Å². The van der Waals surface area contributed by atoms with Gasteiger partial charge in [-0.3, -0.25) is 14.5 Å². The normalized spacial score (nSPS) is 14.6. The van der Waals surface area contributed by atoms with Crippen LogP contribution in [0.5, 0.6) is 0 Å². The number of aromatic amines is 2. The van der Waals surface area contributed by atoms with Crippen molar-refractivity contribution in [1.29, 1.82) is 0 Å². The van der Waals surface area contributed by atoms with Crippen molar-refractivity contribution >= 4 is 54.9 Å². The van der Waals surface area contributed by atoms with Gasteiger partial charge in [-0.15, -0.1) is 22.7 Å². The van der Waals surface area contributed by atoms with Crippen molar-refractivity contribution in [2.24, 2.45) is 0 Å². The standard InChI is InChI=1S/C22H21BrN6O3S2/c23-14-8-13(19(30)24-10-14)9-25-22(32)29-5-3-28(4-6-29)11-17-26-20(31)18-15(12-34-21(18)27-17)16-2-1-7-33-16/h1-2,7-8,10,12H,3-6,9,11H2,(H,24,30)(H,25,32)(H,26,27,31). The fraction of sp³-hybridized carbons (Fsp3) is 0.273. The number of thiophene rings is 2. The van der Waals surface area contributed by atoms with Gasteiger partial charge in [-0.2, -0.15) is 0 Å². The van der Waals surface area contributed by atoms with Gasteiger partial charge < -0.3 is 20.2 Å². The summed E-state index contributed by atoms with van der Waals surface area (Å²) < 4.78 is 0.750. The Hall–Kier alpha value is -2.80. The first-order valence-electron chi connectivity index (χ1n) is 10.6. The van der Waals surface area contributed by atoms with Crippen LogP contribution in [0, 0.1) is 0 Å². The highest BCUT2D eigenvalue weighted by molar-refractivity contribution is 9.10. The average Bonchev–Trinajstić information content (AvgIpc) is 3.50. The number of fused-ring (bicyclic) bond motifs is 1. The van der Waals surface area contributed by atoms with E-state index < -0.39 is 0 Å². The van der Waals surface area contributed by atoms with Crippen LogP contribution in [0.25, 0.3) is 20.7 Å². The quantitative estimate of drug-likeness (QED) is 0.347. The number of amides is 2. The summed E-state index contributed by atoms with van der Waals surface area (Å²) in [5, 5.41) is 7.44. The number of aromatic nitrogens is 3. The Labute approximate surface area is 210 Å². The van der Waals surface area contributed by atoms with Crippen LogP contribution in [-0.2, 0) is 13.1 Å². The number of rotatable bonds is 5. The zero-order valence-electron chi connectivity index (χ0n) is 18.0. The third kappa shape index (κ3) is 4.85. The fourth-order valence-corrected chi connectivity index (χ4v) is 6.09. The van der Waals surface area contributed by atoms with E-state index in [4.69, 9.17) is 0 Å². The van der Waals surface area contributed by atoms with Crippen LogP contribution in [0.3, 0.4) is 0 Å². The molecule has 4 aromatic rings. The number of carbonyl (C=O) groups is 1. The summed E-state index contributed by atoms with van der Waals surface area (Å²) in [5.74, 6) is 0.629.